The summed E-state index contributed by atoms with van der Waals surface area (Å²) in [7, 11) is 0. The molecule has 0 amide bonds. The van der Waals surface area contributed by atoms with E-state index in [9.17, 15) is 86.5 Å². The molecule has 79 heavy (non-hydrogen) atoms. The summed E-state index contributed by atoms with van der Waals surface area (Å²) in [5.74, 6) is -2.14. The van der Waals surface area contributed by atoms with Crippen molar-refractivity contribution >= 4 is 5.97 Å². The second kappa shape index (κ2) is 22.0. The molecule has 4 saturated heterocycles. The predicted octanol–water partition coefficient (Wildman–Crippen LogP) is -3.53. The highest BCUT2D eigenvalue weighted by molar-refractivity contribution is 5.73. The van der Waals surface area contributed by atoms with Crippen LogP contribution in [0.4, 0.5) is 0 Å². The number of ether oxygens (including phenoxy) is 8. The monoisotopic (exact) mass is 1140 g/mol. The van der Waals surface area contributed by atoms with Crippen LogP contribution in [0, 0.1) is 50.2 Å². The zero-order chi connectivity index (χ0) is 58.2. The molecule has 0 spiro atoms. The topological polar surface area (TPSA) is 415 Å². The van der Waals surface area contributed by atoms with Gasteiger partial charge in [0.1, 0.15) is 85.5 Å². The van der Waals surface area contributed by atoms with Crippen molar-refractivity contribution in [2.24, 2.45) is 50.2 Å². The molecule has 0 radical (unpaired) electrons. The van der Waals surface area contributed by atoms with Crippen molar-refractivity contribution in [1.82, 2.24) is 0 Å². The maximum Gasteiger partial charge on any atom is 0.335 e. The van der Waals surface area contributed by atoms with Gasteiger partial charge in [-0.25, -0.2) is 4.79 Å². The third kappa shape index (κ3) is 9.61. The van der Waals surface area contributed by atoms with Crippen molar-refractivity contribution in [3.05, 3.63) is 11.6 Å². The van der Waals surface area contributed by atoms with Crippen LogP contribution >= 0.6 is 0 Å². The first-order valence-electron chi connectivity index (χ1n) is 28.0. The summed E-state index contributed by atoms with van der Waals surface area (Å²) in [4.78, 5) is 13.3. The number of rotatable bonds is 12. The van der Waals surface area contributed by atoms with Gasteiger partial charge in [-0.3, -0.25) is 0 Å². The van der Waals surface area contributed by atoms with E-state index in [-0.39, 0.29) is 23.7 Å². The molecule has 8 fully saturated rings. The lowest BCUT2D eigenvalue weighted by Gasteiger charge is -2.72. The summed E-state index contributed by atoms with van der Waals surface area (Å²) < 4.78 is 47.9. The van der Waals surface area contributed by atoms with Gasteiger partial charge in [0.2, 0.25) is 0 Å². The zero-order valence-corrected chi connectivity index (χ0v) is 46.1. The van der Waals surface area contributed by atoms with Crippen molar-refractivity contribution in [1.29, 1.82) is 0 Å². The predicted molar refractivity (Wildman–Crippen MR) is 266 cm³/mol. The second-order valence-corrected chi connectivity index (χ2v) is 26.5. The second-order valence-electron chi connectivity index (χ2n) is 26.5. The molecule has 454 valence electrons. The summed E-state index contributed by atoms with van der Waals surface area (Å²) in [6, 6.07) is 0. The molecule has 16 N–H and O–H groups in total. The fourth-order valence-electron chi connectivity index (χ4n) is 16.8. The van der Waals surface area contributed by atoms with Gasteiger partial charge in [0.15, 0.2) is 31.3 Å². The van der Waals surface area contributed by atoms with Gasteiger partial charge < -0.3 is 120 Å². The number of aliphatic hydroxyl groups is 15. The fourth-order valence-corrected chi connectivity index (χ4v) is 16.8. The van der Waals surface area contributed by atoms with Gasteiger partial charge in [-0.05, 0) is 96.7 Å². The van der Waals surface area contributed by atoms with E-state index in [1.54, 1.807) is 0 Å². The standard InChI is InChI=1S/C54H88O25/c1-20-29(59)32(62)34(64)45(72-20)76-38-31(61)24(18-56)74-47(37(38)67)77-39-36(66)40(78-46-35(65)33(63)30(60)23(17-55)73-46)48(79-41(39)44(70)71)75-28-12-13-51(6)25(50(28,4)5)11-14-52(7)26(51)10-9-21-22-15-49(2,3)42(68)43(69)54(22,19-57)27(58)16-53(21,52)8/h9,20,22-43,45-48,55-69H,10-19H2,1-8H3,(H,70,71). The number of carbonyl (C=O) groups is 1. The Morgan fingerprint density at radius 1 is 0.582 bits per heavy atom. The van der Waals surface area contributed by atoms with Crippen LogP contribution in [0.1, 0.15) is 100 Å². The molecule has 0 bridgehead atoms. The number of carboxylic acid groups (broad SMARTS) is 1. The molecule has 4 heterocycles. The molecule has 9 aliphatic rings. The maximum atomic E-state index is 13.3. The SMILES string of the molecule is CC1OC(OC2C(O)C(CO)OC(OC3C(C(=O)O)OC(OC4CCC5(C)C(CCC6(C)C5CC=C5C7CC(C)(C)C(O)C(O)C7(CO)C(O)CC56C)C4(C)C)C(OC4OC(CO)C(O)C(O)C4O)C3O)C2O)C(O)C(O)C1O. The maximum absolute atomic E-state index is 13.3. The van der Waals surface area contributed by atoms with Crippen LogP contribution in [-0.2, 0) is 42.7 Å². The van der Waals surface area contributed by atoms with E-state index in [1.807, 2.05) is 27.7 Å². The quantitative estimate of drug-likeness (QED) is 0.0665. The lowest BCUT2D eigenvalue weighted by Crippen LogP contribution is -2.71. The molecule has 25 heteroatoms. The number of allylic oxidation sites excluding steroid dienone is 2. The summed E-state index contributed by atoms with van der Waals surface area (Å²) in [5, 5.41) is 177. The number of aliphatic carboxylic acids is 1. The number of hydrogen-bond donors (Lipinski definition) is 16. The van der Waals surface area contributed by atoms with Crippen molar-refractivity contribution in [3.63, 3.8) is 0 Å². The molecule has 9 rings (SSSR count). The highest BCUT2D eigenvalue weighted by Crippen LogP contribution is 2.76. The smallest absolute Gasteiger partial charge is 0.335 e. The molecule has 4 saturated carbocycles. The summed E-state index contributed by atoms with van der Waals surface area (Å²) in [5.41, 5.74) is -3.05. The van der Waals surface area contributed by atoms with Crippen molar-refractivity contribution in [2.75, 3.05) is 19.8 Å². The number of fused-ring (bicyclic) bond motifs is 7. The Hall–Kier alpha value is -1.71. The highest BCUT2D eigenvalue weighted by atomic mass is 16.8. The van der Waals surface area contributed by atoms with Crippen LogP contribution in [-0.4, -0.2) is 255 Å². The first kappa shape index (κ1) is 61.8. The fraction of sp³-hybridized carbons (Fsp3) is 0.944. The minimum atomic E-state index is -2.19. The molecule has 31 atom stereocenters. The summed E-state index contributed by atoms with van der Waals surface area (Å²) in [6.45, 7) is 13.7. The van der Waals surface area contributed by atoms with Crippen LogP contribution in [0.25, 0.3) is 0 Å². The van der Waals surface area contributed by atoms with Gasteiger partial charge in [-0.15, -0.1) is 0 Å². The van der Waals surface area contributed by atoms with Crippen LogP contribution in [0.15, 0.2) is 11.6 Å². The Bertz CT molecular complexity index is 2200. The number of hydrogen-bond acceptors (Lipinski definition) is 24. The number of aliphatic hydroxyl groups excluding tert-OH is 15. The molecule has 4 aliphatic heterocycles. The molecule has 0 aromatic carbocycles. The zero-order valence-electron chi connectivity index (χ0n) is 46.1. The van der Waals surface area contributed by atoms with Gasteiger partial charge in [-0.2, -0.15) is 0 Å². The summed E-state index contributed by atoms with van der Waals surface area (Å²) in [6.07, 6.45) is -35.6. The molecule has 31 unspecified atom stereocenters. The minimum absolute atomic E-state index is 0.0511. The first-order valence-corrected chi connectivity index (χ1v) is 28.0. The van der Waals surface area contributed by atoms with E-state index in [4.69, 9.17) is 37.9 Å². The van der Waals surface area contributed by atoms with E-state index in [2.05, 4.69) is 26.8 Å². The minimum Gasteiger partial charge on any atom is -0.479 e. The van der Waals surface area contributed by atoms with Crippen LogP contribution < -0.4 is 0 Å². The summed E-state index contributed by atoms with van der Waals surface area (Å²) >= 11 is 0. The van der Waals surface area contributed by atoms with Gasteiger partial charge in [0.05, 0.1) is 55.8 Å². The molecule has 0 aromatic rings. The average molecular weight is 1140 g/mol. The van der Waals surface area contributed by atoms with E-state index in [0.717, 1.165) is 5.57 Å². The van der Waals surface area contributed by atoms with Gasteiger partial charge in [0, 0.05) is 0 Å². The van der Waals surface area contributed by atoms with Gasteiger partial charge >= 0.3 is 5.97 Å². The number of carboxylic acids is 1. The molecular formula is C54H88O25. The van der Waals surface area contributed by atoms with E-state index in [0.29, 0.717) is 38.5 Å². The van der Waals surface area contributed by atoms with Crippen molar-refractivity contribution < 1.29 is 124 Å². The average Bonchev–Trinajstić information content (AvgIpc) is 3.46. The van der Waals surface area contributed by atoms with Crippen molar-refractivity contribution in [3.8, 4) is 0 Å². The molecular weight excluding hydrogens is 1050 g/mol. The molecule has 25 nitrogen and oxygen atoms in total. The Balaban J connectivity index is 1.00. The van der Waals surface area contributed by atoms with Crippen molar-refractivity contribution in [2.45, 2.75) is 248 Å². The largest absolute Gasteiger partial charge is 0.479 e. The third-order valence-electron chi connectivity index (χ3n) is 21.8. The van der Waals surface area contributed by atoms with E-state index >= 15 is 0 Å². The third-order valence-corrected chi connectivity index (χ3v) is 21.8. The lowest BCUT2D eigenvalue weighted by atomic mass is 9.33. The van der Waals surface area contributed by atoms with Gasteiger partial charge in [-0.1, -0.05) is 60.1 Å². The van der Waals surface area contributed by atoms with E-state index in [1.165, 1.54) is 6.92 Å². The van der Waals surface area contributed by atoms with E-state index < -0.39 is 206 Å². The molecule has 5 aliphatic carbocycles. The van der Waals surface area contributed by atoms with Crippen LogP contribution in [0.3, 0.4) is 0 Å². The lowest BCUT2D eigenvalue weighted by molar-refractivity contribution is -0.396. The Morgan fingerprint density at radius 2 is 1.15 bits per heavy atom. The van der Waals surface area contributed by atoms with Gasteiger partial charge in [0.25, 0.3) is 0 Å². The normalized spacial score (nSPS) is 55.3. The highest BCUT2D eigenvalue weighted by Gasteiger charge is 2.73. The molecule has 0 aromatic heterocycles. The Kier molecular flexibility index (Phi) is 17.2. The van der Waals surface area contributed by atoms with Crippen LogP contribution in [0.2, 0.25) is 0 Å². The van der Waals surface area contributed by atoms with Crippen LogP contribution in [0.5, 0.6) is 0 Å². The Morgan fingerprint density at radius 3 is 1.76 bits per heavy atom. The Labute approximate surface area is 458 Å². The first-order chi connectivity index (χ1) is 36.8.